The van der Waals surface area contributed by atoms with Crippen LogP contribution in [0.3, 0.4) is 0 Å². The molecule has 0 radical (unpaired) electrons. The van der Waals surface area contributed by atoms with E-state index in [0.29, 0.717) is 19.7 Å². The van der Waals surface area contributed by atoms with Crippen molar-refractivity contribution >= 4 is 17.5 Å². The molecule has 1 atom stereocenters. The first-order valence-corrected chi connectivity index (χ1v) is 6.90. The normalized spacial score (nSPS) is 19.1. The first-order chi connectivity index (χ1) is 10.3. The van der Waals surface area contributed by atoms with Gasteiger partial charge in [0.15, 0.2) is 6.61 Å². The van der Waals surface area contributed by atoms with Crippen molar-refractivity contribution < 1.29 is 27.4 Å². The zero-order chi connectivity index (χ0) is 16.3. The van der Waals surface area contributed by atoms with Crippen molar-refractivity contribution in [1.29, 1.82) is 0 Å². The van der Waals surface area contributed by atoms with Gasteiger partial charge in [0.1, 0.15) is 5.02 Å². The first-order valence-electron chi connectivity index (χ1n) is 6.52. The number of aromatic nitrogens is 1. The summed E-state index contributed by atoms with van der Waals surface area (Å²) in [6.07, 6.45) is -3.40. The van der Waals surface area contributed by atoms with E-state index in [1.807, 2.05) is 6.92 Å². The highest BCUT2D eigenvalue weighted by Gasteiger charge is 2.29. The summed E-state index contributed by atoms with van der Waals surface area (Å²) in [7, 11) is 0. The van der Waals surface area contributed by atoms with Gasteiger partial charge in [-0.2, -0.15) is 13.2 Å². The Morgan fingerprint density at radius 3 is 2.91 bits per heavy atom. The maximum absolute atomic E-state index is 12.3. The molecule has 5 nitrogen and oxygen atoms in total. The molecule has 1 aromatic heterocycles. The smallest absolute Gasteiger partial charge is 0.422 e. The molecule has 1 amide bonds. The summed E-state index contributed by atoms with van der Waals surface area (Å²) in [5, 5.41) is -0.142. The van der Waals surface area contributed by atoms with Crippen LogP contribution >= 0.6 is 11.6 Å². The molecule has 1 saturated heterocycles. The minimum Gasteiger partial charge on any atom is -0.467 e. The average Bonchev–Trinajstić information content (AvgIpc) is 2.44. The largest absolute Gasteiger partial charge is 0.467 e. The molecule has 1 aliphatic heterocycles. The van der Waals surface area contributed by atoms with Crippen molar-refractivity contribution in [2.45, 2.75) is 19.2 Å². The fourth-order valence-electron chi connectivity index (χ4n) is 1.98. The second-order valence-electron chi connectivity index (χ2n) is 4.85. The molecule has 0 bridgehead atoms. The number of nitrogens with zero attached hydrogens (tertiary/aromatic N) is 2. The molecule has 1 aromatic rings. The molecule has 22 heavy (non-hydrogen) atoms. The minimum absolute atomic E-state index is 0.0736. The van der Waals surface area contributed by atoms with Gasteiger partial charge in [0, 0.05) is 19.3 Å². The van der Waals surface area contributed by atoms with Crippen LogP contribution in [0.2, 0.25) is 5.02 Å². The van der Waals surface area contributed by atoms with E-state index in [-0.39, 0.29) is 28.5 Å². The van der Waals surface area contributed by atoms with Gasteiger partial charge in [0.25, 0.3) is 5.91 Å². The lowest BCUT2D eigenvalue weighted by molar-refractivity contribution is -0.154. The van der Waals surface area contributed by atoms with Crippen LogP contribution in [0.15, 0.2) is 12.3 Å². The number of pyridine rings is 1. The van der Waals surface area contributed by atoms with E-state index in [2.05, 4.69) is 9.72 Å². The topological polar surface area (TPSA) is 51.7 Å². The third-order valence-corrected chi connectivity index (χ3v) is 3.23. The lowest BCUT2D eigenvalue weighted by Crippen LogP contribution is -2.44. The Hall–Kier alpha value is -1.54. The highest BCUT2D eigenvalue weighted by Crippen LogP contribution is 2.25. The Balaban J connectivity index is 2.06. The Kier molecular flexibility index (Phi) is 5.12. The van der Waals surface area contributed by atoms with Crippen LogP contribution in [0.1, 0.15) is 17.3 Å². The summed E-state index contributed by atoms with van der Waals surface area (Å²) >= 11 is 5.82. The maximum Gasteiger partial charge on any atom is 0.422 e. The number of carbonyl (C=O) groups excluding carboxylic acids is 1. The molecule has 0 aliphatic carbocycles. The van der Waals surface area contributed by atoms with E-state index in [1.165, 1.54) is 6.07 Å². The number of carbonyl (C=O) groups is 1. The van der Waals surface area contributed by atoms with Crippen LogP contribution in [0.25, 0.3) is 0 Å². The molecule has 0 aromatic carbocycles. The summed E-state index contributed by atoms with van der Waals surface area (Å²) in [6.45, 7) is 1.66. The Labute approximate surface area is 130 Å². The predicted octanol–water partition coefficient (Wildman–Crippen LogP) is 2.54. The second-order valence-corrected chi connectivity index (χ2v) is 5.25. The molecule has 0 N–H and O–H groups in total. The van der Waals surface area contributed by atoms with Crippen LogP contribution in [0, 0.1) is 0 Å². The summed E-state index contributed by atoms with van der Waals surface area (Å²) < 4.78 is 46.1. The van der Waals surface area contributed by atoms with Crippen molar-refractivity contribution in [3.63, 3.8) is 0 Å². The van der Waals surface area contributed by atoms with E-state index in [1.54, 1.807) is 4.90 Å². The standard InChI is InChI=1S/C13H14ClF3N2O3/c1-8-6-19(2-3-21-8)12(20)9-4-10(14)11(18-5-9)22-7-13(15,16)17/h4-5,8H,2-3,6-7H2,1H3/t8-/m0/s1. The molecule has 1 fully saturated rings. The first kappa shape index (κ1) is 16.8. The van der Waals surface area contributed by atoms with E-state index in [4.69, 9.17) is 16.3 Å². The number of ether oxygens (including phenoxy) is 2. The Morgan fingerprint density at radius 1 is 1.59 bits per heavy atom. The van der Waals surface area contributed by atoms with Crippen molar-refractivity contribution in [3.05, 3.63) is 22.8 Å². The lowest BCUT2D eigenvalue weighted by atomic mass is 10.2. The fraction of sp³-hybridized carbons (Fsp3) is 0.538. The molecule has 2 heterocycles. The van der Waals surface area contributed by atoms with Crippen molar-refractivity contribution in [1.82, 2.24) is 9.88 Å². The van der Waals surface area contributed by atoms with Gasteiger partial charge in [-0.3, -0.25) is 4.79 Å². The van der Waals surface area contributed by atoms with E-state index >= 15 is 0 Å². The molecular weight excluding hydrogens is 325 g/mol. The summed E-state index contributed by atoms with van der Waals surface area (Å²) in [5.74, 6) is -0.655. The number of hydrogen-bond donors (Lipinski definition) is 0. The monoisotopic (exact) mass is 338 g/mol. The number of hydrogen-bond acceptors (Lipinski definition) is 4. The summed E-state index contributed by atoms with van der Waals surface area (Å²) in [4.78, 5) is 17.5. The molecule has 1 aliphatic rings. The van der Waals surface area contributed by atoms with E-state index in [0.717, 1.165) is 6.20 Å². The fourth-order valence-corrected chi connectivity index (χ4v) is 2.21. The van der Waals surface area contributed by atoms with Crippen LogP contribution < -0.4 is 4.74 Å². The van der Waals surface area contributed by atoms with Crippen molar-refractivity contribution in [2.24, 2.45) is 0 Å². The molecule has 9 heteroatoms. The average molecular weight is 339 g/mol. The molecular formula is C13H14ClF3N2O3. The third-order valence-electron chi connectivity index (χ3n) is 2.96. The lowest BCUT2D eigenvalue weighted by Gasteiger charge is -2.31. The molecule has 122 valence electrons. The van der Waals surface area contributed by atoms with Gasteiger partial charge in [-0.15, -0.1) is 0 Å². The van der Waals surface area contributed by atoms with Crippen LogP contribution in [0.4, 0.5) is 13.2 Å². The maximum atomic E-state index is 12.3. The quantitative estimate of drug-likeness (QED) is 0.850. The van der Waals surface area contributed by atoms with Gasteiger partial charge in [-0.1, -0.05) is 11.6 Å². The number of morpholine rings is 1. The van der Waals surface area contributed by atoms with Gasteiger partial charge in [-0.05, 0) is 13.0 Å². The zero-order valence-electron chi connectivity index (χ0n) is 11.7. The van der Waals surface area contributed by atoms with Crippen LogP contribution in [-0.2, 0) is 4.74 Å². The van der Waals surface area contributed by atoms with Gasteiger partial charge < -0.3 is 14.4 Å². The number of halogens is 4. The molecule has 0 spiro atoms. The molecule has 0 unspecified atom stereocenters. The highest BCUT2D eigenvalue weighted by molar-refractivity contribution is 6.32. The van der Waals surface area contributed by atoms with Crippen molar-refractivity contribution in [2.75, 3.05) is 26.3 Å². The SMILES string of the molecule is C[C@H]1CN(C(=O)c2cnc(OCC(F)(F)F)c(Cl)c2)CCO1. The highest BCUT2D eigenvalue weighted by atomic mass is 35.5. The summed E-state index contributed by atoms with van der Waals surface area (Å²) in [5.41, 5.74) is 0.193. The summed E-state index contributed by atoms with van der Waals surface area (Å²) in [6, 6.07) is 1.25. The van der Waals surface area contributed by atoms with Gasteiger partial charge >= 0.3 is 6.18 Å². The van der Waals surface area contributed by atoms with Crippen LogP contribution in [-0.4, -0.2) is 54.4 Å². The van der Waals surface area contributed by atoms with E-state index in [9.17, 15) is 18.0 Å². The van der Waals surface area contributed by atoms with Gasteiger partial charge in [-0.25, -0.2) is 4.98 Å². The Bertz CT molecular complexity index is 554. The van der Waals surface area contributed by atoms with Crippen molar-refractivity contribution in [3.8, 4) is 5.88 Å². The number of rotatable bonds is 3. The number of amides is 1. The van der Waals surface area contributed by atoms with Gasteiger partial charge in [0.2, 0.25) is 5.88 Å². The van der Waals surface area contributed by atoms with Gasteiger partial charge in [0.05, 0.1) is 18.3 Å². The van der Waals surface area contributed by atoms with Crippen LogP contribution in [0.5, 0.6) is 5.88 Å². The Morgan fingerprint density at radius 2 is 2.32 bits per heavy atom. The third kappa shape index (κ3) is 4.48. The van der Waals surface area contributed by atoms with E-state index < -0.39 is 12.8 Å². The molecule has 0 saturated carbocycles. The minimum atomic E-state index is -4.48. The molecule has 2 rings (SSSR count). The number of alkyl halides is 3. The zero-order valence-corrected chi connectivity index (χ0v) is 12.4. The second kappa shape index (κ2) is 6.70. The predicted molar refractivity (Wildman–Crippen MR) is 72.1 cm³/mol.